The maximum atomic E-state index is 12.0. The summed E-state index contributed by atoms with van der Waals surface area (Å²) < 4.78 is 0. The number of aldehydes is 1. The Balaban J connectivity index is 1.93. The number of Topliss-reactive ketones (excluding diaryl/α,β-unsaturated/α-hetero) is 1. The van der Waals surface area contributed by atoms with E-state index in [0.717, 1.165) is 19.1 Å². The molecule has 0 bridgehead atoms. The molecule has 0 saturated heterocycles. The van der Waals surface area contributed by atoms with E-state index in [-0.39, 0.29) is 5.92 Å². The van der Waals surface area contributed by atoms with Gasteiger partial charge in [-0.15, -0.1) is 0 Å². The fraction of sp³-hybridized carbons (Fsp3) is 0.846. The Morgan fingerprint density at radius 3 is 2.47 bits per heavy atom. The highest BCUT2D eigenvalue weighted by atomic mass is 16.1. The molecule has 0 amide bonds. The van der Waals surface area contributed by atoms with Crippen LogP contribution in [0.15, 0.2) is 0 Å². The van der Waals surface area contributed by atoms with Crippen LogP contribution in [0.5, 0.6) is 0 Å². The second-order valence-electron chi connectivity index (χ2n) is 5.08. The Hall–Kier alpha value is -0.660. The summed E-state index contributed by atoms with van der Waals surface area (Å²) in [6.07, 6.45) is 9.79. The third-order valence-corrected chi connectivity index (χ3v) is 4.19. The highest BCUT2D eigenvalue weighted by molar-refractivity contribution is 5.87. The predicted molar refractivity (Wildman–Crippen MR) is 58.5 cm³/mol. The van der Waals surface area contributed by atoms with Crippen molar-refractivity contribution in [3.05, 3.63) is 0 Å². The van der Waals surface area contributed by atoms with Crippen LogP contribution >= 0.6 is 0 Å². The zero-order chi connectivity index (χ0) is 10.7. The smallest absolute Gasteiger partial charge is 0.139 e. The maximum Gasteiger partial charge on any atom is 0.139 e. The molecule has 0 aromatic heterocycles. The molecular weight excluding hydrogens is 188 g/mol. The number of ketones is 1. The summed E-state index contributed by atoms with van der Waals surface area (Å²) in [6, 6.07) is 0. The summed E-state index contributed by atoms with van der Waals surface area (Å²) in [7, 11) is 0. The Kier molecular flexibility index (Phi) is 3.55. The van der Waals surface area contributed by atoms with Crippen molar-refractivity contribution in [2.45, 2.75) is 51.4 Å². The molecule has 84 valence electrons. The number of hydrogen-bond acceptors (Lipinski definition) is 2. The number of carbonyl (C=O) groups is 2. The average molecular weight is 208 g/mol. The number of rotatable bonds is 3. The molecule has 0 aromatic carbocycles. The van der Waals surface area contributed by atoms with Crippen molar-refractivity contribution in [2.75, 3.05) is 0 Å². The van der Waals surface area contributed by atoms with Crippen LogP contribution in [0.3, 0.4) is 0 Å². The Morgan fingerprint density at radius 2 is 1.80 bits per heavy atom. The van der Waals surface area contributed by atoms with Crippen LogP contribution in [-0.4, -0.2) is 12.1 Å². The van der Waals surface area contributed by atoms with Crippen LogP contribution in [0.25, 0.3) is 0 Å². The molecule has 0 aliphatic heterocycles. The highest BCUT2D eigenvalue weighted by Crippen LogP contribution is 2.40. The molecular formula is C13H20O2. The van der Waals surface area contributed by atoms with Gasteiger partial charge in [0, 0.05) is 18.3 Å². The van der Waals surface area contributed by atoms with Crippen molar-refractivity contribution in [1.29, 1.82) is 0 Å². The summed E-state index contributed by atoms with van der Waals surface area (Å²) >= 11 is 0. The van der Waals surface area contributed by atoms with Gasteiger partial charge in [0.05, 0.1) is 0 Å². The molecule has 2 fully saturated rings. The summed E-state index contributed by atoms with van der Waals surface area (Å²) in [4.78, 5) is 22.5. The van der Waals surface area contributed by atoms with Gasteiger partial charge in [-0.3, -0.25) is 4.79 Å². The zero-order valence-corrected chi connectivity index (χ0v) is 9.28. The lowest BCUT2D eigenvalue weighted by Gasteiger charge is -2.26. The van der Waals surface area contributed by atoms with Crippen molar-refractivity contribution in [3.63, 3.8) is 0 Å². The molecule has 2 atom stereocenters. The van der Waals surface area contributed by atoms with E-state index in [1.807, 2.05) is 0 Å². The summed E-state index contributed by atoms with van der Waals surface area (Å²) in [5, 5.41) is 0. The van der Waals surface area contributed by atoms with Crippen molar-refractivity contribution in [1.82, 2.24) is 0 Å². The minimum absolute atomic E-state index is 0.0643. The molecule has 0 N–H and O–H groups in total. The second kappa shape index (κ2) is 4.91. The van der Waals surface area contributed by atoms with E-state index < -0.39 is 0 Å². The first-order chi connectivity index (χ1) is 7.33. The number of carbonyl (C=O) groups excluding carboxylic acids is 2. The normalized spacial score (nSPS) is 33.2. The lowest BCUT2D eigenvalue weighted by atomic mass is 9.78. The molecule has 2 aliphatic carbocycles. The zero-order valence-electron chi connectivity index (χ0n) is 9.28. The van der Waals surface area contributed by atoms with Crippen molar-refractivity contribution in [3.8, 4) is 0 Å². The molecule has 2 aliphatic rings. The van der Waals surface area contributed by atoms with Gasteiger partial charge in [-0.1, -0.05) is 19.3 Å². The standard InChI is InChI=1S/C13H20O2/c14-9-8-11-6-7-12(13(11)15)10-4-2-1-3-5-10/h9-12H,1-8H2. The largest absolute Gasteiger partial charge is 0.303 e. The molecule has 0 aromatic rings. The maximum absolute atomic E-state index is 12.0. The summed E-state index contributed by atoms with van der Waals surface area (Å²) in [6.45, 7) is 0. The second-order valence-corrected chi connectivity index (χ2v) is 5.08. The van der Waals surface area contributed by atoms with E-state index in [4.69, 9.17) is 0 Å². The Morgan fingerprint density at radius 1 is 1.07 bits per heavy atom. The molecule has 2 nitrogen and oxygen atoms in total. The number of hydrogen-bond donors (Lipinski definition) is 0. The van der Waals surface area contributed by atoms with Crippen molar-refractivity contribution >= 4 is 12.1 Å². The van der Waals surface area contributed by atoms with Gasteiger partial charge in [-0.05, 0) is 31.6 Å². The van der Waals surface area contributed by atoms with Crippen LogP contribution in [-0.2, 0) is 9.59 Å². The Labute approximate surface area is 91.4 Å². The van der Waals surface area contributed by atoms with E-state index in [1.54, 1.807) is 0 Å². The van der Waals surface area contributed by atoms with E-state index in [9.17, 15) is 9.59 Å². The molecule has 2 saturated carbocycles. The Bertz CT molecular complexity index is 241. The van der Waals surface area contributed by atoms with Crippen LogP contribution < -0.4 is 0 Å². The third-order valence-electron chi connectivity index (χ3n) is 4.19. The van der Waals surface area contributed by atoms with Gasteiger partial charge < -0.3 is 4.79 Å². The van der Waals surface area contributed by atoms with Crippen LogP contribution in [0.1, 0.15) is 51.4 Å². The van der Waals surface area contributed by atoms with Gasteiger partial charge in [0.25, 0.3) is 0 Å². The van der Waals surface area contributed by atoms with Crippen molar-refractivity contribution < 1.29 is 9.59 Å². The van der Waals surface area contributed by atoms with Gasteiger partial charge in [-0.2, -0.15) is 0 Å². The fourth-order valence-corrected chi connectivity index (χ4v) is 3.32. The van der Waals surface area contributed by atoms with E-state index in [1.165, 1.54) is 32.1 Å². The molecule has 0 spiro atoms. The van der Waals surface area contributed by atoms with Gasteiger partial charge in [0.1, 0.15) is 12.1 Å². The van der Waals surface area contributed by atoms with Gasteiger partial charge in [-0.25, -0.2) is 0 Å². The summed E-state index contributed by atoms with van der Waals surface area (Å²) in [5.74, 6) is 1.40. The minimum atomic E-state index is 0.0643. The predicted octanol–water partition coefficient (Wildman–Crippen LogP) is 2.75. The molecule has 15 heavy (non-hydrogen) atoms. The van der Waals surface area contributed by atoms with Crippen LogP contribution in [0.4, 0.5) is 0 Å². The topological polar surface area (TPSA) is 34.1 Å². The van der Waals surface area contributed by atoms with Crippen molar-refractivity contribution in [2.24, 2.45) is 17.8 Å². The molecule has 0 heterocycles. The summed E-state index contributed by atoms with van der Waals surface area (Å²) in [5.41, 5.74) is 0. The lowest BCUT2D eigenvalue weighted by molar-refractivity contribution is -0.127. The fourth-order valence-electron chi connectivity index (χ4n) is 3.32. The quantitative estimate of drug-likeness (QED) is 0.668. The van der Waals surface area contributed by atoms with E-state index in [0.29, 0.717) is 24.0 Å². The van der Waals surface area contributed by atoms with Crippen LogP contribution in [0.2, 0.25) is 0 Å². The van der Waals surface area contributed by atoms with Gasteiger partial charge in [0.15, 0.2) is 0 Å². The third kappa shape index (κ3) is 2.30. The lowest BCUT2D eigenvalue weighted by Crippen LogP contribution is -2.24. The van der Waals surface area contributed by atoms with E-state index >= 15 is 0 Å². The SMILES string of the molecule is O=CCC1CCC(C2CCCCC2)C1=O. The molecule has 0 radical (unpaired) electrons. The molecule has 2 rings (SSSR count). The van der Waals surface area contributed by atoms with Gasteiger partial charge in [0.2, 0.25) is 0 Å². The average Bonchev–Trinajstić information content (AvgIpc) is 2.63. The minimum Gasteiger partial charge on any atom is -0.303 e. The van der Waals surface area contributed by atoms with Gasteiger partial charge >= 0.3 is 0 Å². The highest BCUT2D eigenvalue weighted by Gasteiger charge is 2.38. The molecule has 2 heteroatoms. The first kappa shape index (κ1) is 10.8. The van der Waals surface area contributed by atoms with E-state index in [2.05, 4.69) is 0 Å². The first-order valence-electron chi connectivity index (χ1n) is 6.30. The van der Waals surface area contributed by atoms with Crippen LogP contribution in [0, 0.1) is 17.8 Å². The first-order valence-corrected chi connectivity index (χ1v) is 6.30. The monoisotopic (exact) mass is 208 g/mol. The molecule has 2 unspecified atom stereocenters.